The van der Waals surface area contributed by atoms with Gasteiger partial charge in [-0.1, -0.05) is 0 Å². The van der Waals surface area contributed by atoms with Crippen molar-refractivity contribution < 1.29 is 19.1 Å². The van der Waals surface area contributed by atoms with Crippen molar-refractivity contribution >= 4 is 34.1 Å². The van der Waals surface area contributed by atoms with Gasteiger partial charge in [-0.25, -0.2) is 4.98 Å². The second-order valence-corrected chi connectivity index (χ2v) is 7.92. The molecule has 0 fully saturated rings. The summed E-state index contributed by atoms with van der Waals surface area (Å²) in [5, 5.41) is 0.664. The number of fused-ring (bicyclic) bond motifs is 3. The van der Waals surface area contributed by atoms with Crippen LogP contribution >= 0.6 is 11.3 Å². The van der Waals surface area contributed by atoms with E-state index in [-0.39, 0.29) is 24.3 Å². The molecule has 0 atom stereocenters. The van der Waals surface area contributed by atoms with Gasteiger partial charge in [-0.3, -0.25) is 14.4 Å². The van der Waals surface area contributed by atoms with Gasteiger partial charge in [0.25, 0.3) is 11.8 Å². The van der Waals surface area contributed by atoms with E-state index < -0.39 is 0 Å². The molecule has 9 heteroatoms. The van der Waals surface area contributed by atoms with Crippen LogP contribution in [0.3, 0.4) is 0 Å². The SMILES string of the molecule is COc1ncccc1C(=O)N1CCc2c(sc3c2C(=O)N(C)CC(=O)N3C)C1. The van der Waals surface area contributed by atoms with Gasteiger partial charge in [-0.15, -0.1) is 11.3 Å². The summed E-state index contributed by atoms with van der Waals surface area (Å²) in [7, 11) is 4.82. The number of amides is 3. The van der Waals surface area contributed by atoms with Crippen LogP contribution < -0.4 is 9.64 Å². The number of aromatic nitrogens is 1. The first-order valence-electron chi connectivity index (χ1n) is 8.87. The Morgan fingerprint density at radius 1 is 1.25 bits per heavy atom. The molecule has 146 valence electrons. The van der Waals surface area contributed by atoms with Crippen LogP contribution in [0.4, 0.5) is 5.00 Å². The summed E-state index contributed by atoms with van der Waals surface area (Å²) in [5.74, 6) is -0.130. The number of carbonyl (C=O) groups excluding carboxylic acids is 3. The monoisotopic (exact) mass is 400 g/mol. The highest BCUT2D eigenvalue weighted by atomic mass is 32.1. The fraction of sp³-hybridized carbons (Fsp3) is 0.368. The zero-order chi connectivity index (χ0) is 20.0. The molecule has 8 nitrogen and oxygen atoms in total. The number of ether oxygens (including phenoxy) is 1. The minimum Gasteiger partial charge on any atom is -0.480 e. The van der Waals surface area contributed by atoms with Crippen LogP contribution in [0.1, 0.15) is 31.2 Å². The minimum absolute atomic E-state index is 0.0664. The highest BCUT2D eigenvalue weighted by Crippen LogP contribution is 2.41. The molecule has 2 aromatic heterocycles. The number of hydrogen-bond acceptors (Lipinski definition) is 6. The molecule has 2 aromatic rings. The lowest BCUT2D eigenvalue weighted by Crippen LogP contribution is -2.37. The van der Waals surface area contributed by atoms with Gasteiger partial charge in [0.05, 0.1) is 19.2 Å². The highest BCUT2D eigenvalue weighted by Gasteiger charge is 2.36. The molecule has 0 saturated heterocycles. The average molecular weight is 400 g/mol. The summed E-state index contributed by atoms with van der Waals surface area (Å²) < 4.78 is 5.21. The number of anilines is 1. The van der Waals surface area contributed by atoms with E-state index in [0.717, 1.165) is 10.4 Å². The molecule has 0 bridgehead atoms. The van der Waals surface area contributed by atoms with E-state index in [0.29, 0.717) is 41.5 Å². The third-order valence-electron chi connectivity index (χ3n) is 5.13. The highest BCUT2D eigenvalue weighted by molar-refractivity contribution is 7.17. The molecule has 2 aliphatic heterocycles. The third kappa shape index (κ3) is 2.82. The normalized spacial score (nSPS) is 16.6. The van der Waals surface area contributed by atoms with Gasteiger partial charge in [0.1, 0.15) is 17.1 Å². The van der Waals surface area contributed by atoms with Crippen LogP contribution in [0.25, 0.3) is 0 Å². The van der Waals surface area contributed by atoms with Gasteiger partial charge in [0, 0.05) is 31.7 Å². The summed E-state index contributed by atoms with van der Waals surface area (Å²) in [6.45, 7) is 0.946. The number of likely N-dealkylation sites (N-methyl/N-ethyl adjacent to an activating group) is 2. The largest absolute Gasteiger partial charge is 0.480 e. The summed E-state index contributed by atoms with van der Waals surface area (Å²) in [6.07, 6.45) is 2.15. The van der Waals surface area contributed by atoms with Crippen LogP contribution in [0.5, 0.6) is 5.88 Å². The Bertz CT molecular complexity index is 986. The Hall–Kier alpha value is -2.94. The molecular weight excluding hydrogens is 380 g/mol. The van der Waals surface area contributed by atoms with Crippen molar-refractivity contribution in [3.8, 4) is 5.88 Å². The van der Waals surface area contributed by atoms with Gasteiger partial charge >= 0.3 is 0 Å². The topological polar surface area (TPSA) is 83.0 Å². The lowest BCUT2D eigenvalue weighted by molar-refractivity contribution is -0.118. The van der Waals surface area contributed by atoms with Crippen molar-refractivity contribution in [2.24, 2.45) is 0 Å². The van der Waals surface area contributed by atoms with Crippen LogP contribution in [-0.2, 0) is 17.8 Å². The lowest BCUT2D eigenvalue weighted by Gasteiger charge is -2.28. The Morgan fingerprint density at radius 3 is 2.79 bits per heavy atom. The first-order valence-corrected chi connectivity index (χ1v) is 9.68. The number of rotatable bonds is 2. The smallest absolute Gasteiger partial charge is 0.259 e. The molecule has 4 rings (SSSR count). The van der Waals surface area contributed by atoms with E-state index in [1.807, 2.05) is 0 Å². The fourth-order valence-corrected chi connectivity index (χ4v) is 4.92. The number of carbonyl (C=O) groups is 3. The summed E-state index contributed by atoms with van der Waals surface area (Å²) in [5.41, 5.74) is 1.96. The van der Waals surface area contributed by atoms with Crippen molar-refractivity contribution in [2.45, 2.75) is 13.0 Å². The molecule has 0 aliphatic carbocycles. The molecule has 0 spiro atoms. The number of pyridine rings is 1. The van der Waals surface area contributed by atoms with E-state index in [1.165, 1.54) is 23.3 Å². The number of hydrogen-bond donors (Lipinski definition) is 0. The third-order valence-corrected chi connectivity index (χ3v) is 6.43. The Kier molecular flexibility index (Phi) is 4.54. The second kappa shape index (κ2) is 6.90. The second-order valence-electron chi connectivity index (χ2n) is 6.83. The molecule has 28 heavy (non-hydrogen) atoms. The quantitative estimate of drug-likeness (QED) is 0.761. The van der Waals surface area contributed by atoms with Crippen LogP contribution in [0, 0.1) is 0 Å². The van der Waals surface area contributed by atoms with Crippen molar-refractivity contribution in [1.82, 2.24) is 14.8 Å². The Balaban J connectivity index is 1.68. The molecule has 2 aliphatic rings. The molecule has 0 saturated carbocycles. The first kappa shape index (κ1) is 18.4. The van der Waals surface area contributed by atoms with Crippen molar-refractivity contribution in [2.75, 3.05) is 39.2 Å². The predicted octanol–water partition coefficient (Wildman–Crippen LogP) is 1.40. The molecule has 0 radical (unpaired) electrons. The van der Waals surface area contributed by atoms with Gasteiger partial charge in [0.15, 0.2) is 0 Å². The van der Waals surface area contributed by atoms with Gasteiger partial charge in [-0.05, 0) is 24.1 Å². The fourth-order valence-electron chi connectivity index (χ4n) is 3.59. The molecule has 0 unspecified atom stereocenters. The van der Waals surface area contributed by atoms with E-state index in [1.54, 1.807) is 42.2 Å². The Morgan fingerprint density at radius 2 is 2.04 bits per heavy atom. The van der Waals surface area contributed by atoms with E-state index in [9.17, 15) is 14.4 Å². The molecule has 3 amide bonds. The minimum atomic E-state index is -0.160. The van der Waals surface area contributed by atoms with Crippen LogP contribution in [-0.4, -0.2) is 66.8 Å². The maximum Gasteiger partial charge on any atom is 0.259 e. The summed E-state index contributed by atoms with van der Waals surface area (Å²) >= 11 is 1.41. The first-order chi connectivity index (χ1) is 13.4. The molecule has 0 N–H and O–H groups in total. The number of thiophene rings is 1. The molecule has 4 heterocycles. The summed E-state index contributed by atoms with van der Waals surface area (Å²) in [6, 6.07) is 3.39. The van der Waals surface area contributed by atoms with Gasteiger partial charge in [-0.2, -0.15) is 0 Å². The average Bonchev–Trinajstić information content (AvgIpc) is 3.07. The Labute approximate surface area is 166 Å². The maximum atomic E-state index is 13.0. The zero-order valence-corrected chi connectivity index (χ0v) is 16.7. The standard InChI is InChI=1S/C19H20N4O4S/c1-21-10-14(24)22(2)19-15(18(21)26)11-6-8-23(9-13(11)28-19)17(25)12-5-4-7-20-16(12)27-3/h4-5,7H,6,8-10H2,1-3H3. The zero-order valence-electron chi connectivity index (χ0n) is 15.9. The lowest BCUT2D eigenvalue weighted by atomic mass is 10.0. The van der Waals surface area contributed by atoms with E-state index >= 15 is 0 Å². The van der Waals surface area contributed by atoms with Crippen molar-refractivity contribution in [3.63, 3.8) is 0 Å². The van der Waals surface area contributed by atoms with E-state index in [2.05, 4.69) is 4.98 Å². The van der Waals surface area contributed by atoms with Crippen LogP contribution in [0.2, 0.25) is 0 Å². The number of nitrogens with zero attached hydrogens (tertiary/aromatic N) is 4. The predicted molar refractivity (Wildman–Crippen MR) is 104 cm³/mol. The summed E-state index contributed by atoms with van der Waals surface area (Å²) in [4.78, 5) is 47.9. The van der Waals surface area contributed by atoms with Crippen molar-refractivity contribution in [1.29, 1.82) is 0 Å². The van der Waals surface area contributed by atoms with Gasteiger partial charge in [0.2, 0.25) is 11.8 Å². The van der Waals surface area contributed by atoms with Crippen molar-refractivity contribution in [3.05, 3.63) is 39.9 Å². The maximum absolute atomic E-state index is 13.0. The van der Waals surface area contributed by atoms with Crippen LogP contribution in [0.15, 0.2) is 18.3 Å². The van der Waals surface area contributed by atoms with Gasteiger partial charge < -0.3 is 19.4 Å². The van der Waals surface area contributed by atoms with E-state index in [4.69, 9.17) is 4.74 Å². The molecular formula is C19H20N4O4S. The molecule has 0 aromatic carbocycles. The number of methoxy groups -OCH3 is 1.